The number of carbonyl (C=O) groups excluding carboxylic acids is 1. The molecular weight excluding hydrogens is 310 g/mol. The van der Waals surface area contributed by atoms with Crippen molar-refractivity contribution in [3.63, 3.8) is 0 Å². The highest BCUT2D eigenvalue weighted by molar-refractivity contribution is 5.95. The first-order chi connectivity index (χ1) is 12.1. The molecule has 0 fully saturated rings. The van der Waals surface area contributed by atoms with Gasteiger partial charge in [-0.1, -0.05) is 36.9 Å². The van der Waals surface area contributed by atoms with Crippen LogP contribution in [0.5, 0.6) is 0 Å². The van der Waals surface area contributed by atoms with Crippen LogP contribution >= 0.6 is 0 Å². The van der Waals surface area contributed by atoms with Gasteiger partial charge < -0.3 is 4.57 Å². The highest BCUT2D eigenvalue weighted by atomic mass is 16.1. The van der Waals surface area contributed by atoms with Crippen LogP contribution in [0.3, 0.4) is 0 Å². The minimum absolute atomic E-state index is 0.143. The number of allylic oxidation sites excluding steroid dienone is 1. The highest BCUT2D eigenvalue weighted by Gasteiger charge is 2.24. The quantitative estimate of drug-likeness (QED) is 0.678. The number of carbonyl (C=O) groups is 1. The Balaban J connectivity index is 2.29. The number of nitriles is 2. The van der Waals surface area contributed by atoms with Gasteiger partial charge in [-0.2, -0.15) is 10.5 Å². The van der Waals surface area contributed by atoms with Gasteiger partial charge in [0.25, 0.3) is 0 Å². The second-order valence-corrected chi connectivity index (χ2v) is 5.79. The maximum absolute atomic E-state index is 12.1. The van der Waals surface area contributed by atoms with Crippen LogP contribution in [0.25, 0.3) is 10.9 Å². The molecule has 3 rings (SSSR count). The lowest BCUT2D eigenvalue weighted by molar-refractivity contribution is -0.113. The fraction of sp³-hybridized carbons (Fsp3) is 0.0952. The Morgan fingerprint density at radius 1 is 1.08 bits per heavy atom. The molecule has 0 aliphatic carbocycles. The smallest absolute Gasteiger partial charge is 0.157 e. The second kappa shape index (κ2) is 6.47. The van der Waals surface area contributed by atoms with Gasteiger partial charge in [-0.15, -0.1) is 0 Å². The Labute approximate surface area is 145 Å². The molecule has 1 atom stereocenters. The van der Waals surface area contributed by atoms with Crippen LogP contribution in [0.4, 0.5) is 0 Å². The summed E-state index contributed by atoms with van der Waals surface area (Å²) in [5.41, 5.74) is 3.04. The number of hydrogen-bond donors (Lipinski definition) is 0. The Morgan fingerprint density at radius 3 is 2.36 bits per heavy atom. The van der Waals surface area contributed by atoms with Crippen molar-refractivity contribution in [1.82, 2.24) is 4.57 Å². The molecule has 0 saturated heterocycles. The molecule has 0 aliphatic heterocycles. The topological polar surface area (TPSA) is 69.6 Å². The first-order valence-corrected chi connectivity index (χ1v) is 7.76. The zero-order valence-corrected chi connectivity index (χ0v) is 13.7. The Hall–Kier alpha value is -3.63. The van der Waals surface area contributed by atoms with E-state index in [1.807, 2.05) is 28.8 Å². The number of Topliss-reactive ketones (excluding diaryl/α,β-unsaturated/α-hetero) is 1. The Kier molecular flexibility index (Phi) is 4.20. The van der Waals surface area contributed by atoms with E-state index in [0.29, 0.717) is 16.8 Å². The van der Waals surface area contributed by atoms with Crippen molar-refractivity contribution in [3.05, 3.63) is 83.6 Å². The summed E-state index contributed by atoms with van der Waals surface area (Å²) < 4.78 is 1.83. The lowest BCUT2D eigenvalue weighted by Gasteiger charge is -2.23. The van der Waals surface area contributed by atoms with Gasteiger partial charge in [-0.25, -0.2) is 0 Å². The summed E-state index contributed by atoms with van der Waals surface area (Å²) in [6.07, 6.45) is 0. The lowest BCUT2D eigenvalue weighted by Crippen LogP contribution is -2.18. The van der Waals surface area contributed by atoms with Gasteiger partial charge in [0.1, 0.15) is 11.8 Å². The van der Waals surface area contributed by atoms with E-state index >= 15 is 0 Å². The molecular formula is C21H15N3O. The van der Waals surface area contributed by atoms with E-state index in [1.54, 1.807) is 30.3 Å². The van der Waals surface area contributed by atoms with Crippen molar-refractivity contribution in [1.29, 1.82) is 10.5 Å². The Bertz CT molecular complexity index is 1060. The van der Waals surface area contributed by atoms with Crippen molar-refractivity contribution >= 4 is 16.7 Å². The molecule has 2 aromatic carbocycles. The SMILES string of the molecule is C=C(C(C)=O)C(c1ccc(C#N)cc1)n1c(C#N)cc2ccccc21. The van der Waals surface area contributed by atoms with Crippen LogP contribution in [-0.4, -0.2) is 10.4 Å². The van der Waals surface area contributed by atoms with Gasteiger partial charge in [-0.05, 0) is 36.8 Å². The van der Waals surface area contributed by atoms with Gasteiger partial charge in [0.05, 0.1) is 17.7 Å². The van der Waals surface area contributed by atoms with E-state index < -0.39 is 6.04 Å². The molecule has 1 heterocycles. The molecule has 4 heteroatoms. The van der Waals surface area contributed by atoms with E-state index in [4.69, 9.17) is 5.26 Å². The number of para-hydroxylation sites is 1. The van der Waals surface area contributed by atoms with E-state index in [-0.39, 0.29) is 5.78 Å². The second-order valence-electron chi connectivity index (χ2n) is 5.79. The lowest BCUT2D eigenvalue weighted by atomic mass is 9.95. The first kappa shape index (κ1) is 16.2. The van der Waals surface area contributed by atoms with E-state index in [0.717, 1.165) is 16.5 Å². The van der Waals surface area contributed by atoms with Gasteiger partial charge in [0.2, 0.25) is 0 Å². The summed E-state index contributed by atoms with van der Waals surface area (Å²) in [4.78, 5) is 12.1. The zero-order chi connectivity index (χ0) is 18.0. The number of nitrogens with zero attached hydrogens (tertiary/aromatic N) is 3. The summed E-state index contributed by atoms with van der Waals surface area (Å²) in [5.74, 6) is -0.143. The summed E-state index contributed by atoms with van der Waals surface area (Å²) >= 11 is 0. The maximum atomic E-state index is 12.1. The minimum Gasteiger partial charge on any atom is -0.320 e. The third kappa shape index (κ3) is 2.82. The Morgan fingerprint density at radius 2 is 1.76 bits per heavy atom. The van der Waals surface area contributed by atoms with Crippen molar-refractivity contribution in [2.75, 3.05) is 0 Å². The minimum atomic E-state index is -0.500. The van der Waals surface area contributed by atoms with E-state index in [9.17, 15) is 10.1 Å². The largest absolute Gasteiger partial charge is 0.320 e. The average molecular weight is 325 g/mol. The van der Waals surface area contributed by atoms with Gasteiger partial charge in [0.15, 0.2) is 5.78 Å². The molecule has 0 aliphatic rings. The number of ketones is 1. The van der Waals surface area contributed by atoms with Gasteiger partial charge >= 0.3 is 0 Å². The normalized spacial score (nSPS) is 11.5. The van der Waals surface area contributed by atoms with Crippen molar-refractivity contribution in [3.8, 4) is 12.1 Å². The number of rotatable bonds is 4. The molecule has 0 amide bonds. The van der Waals surface area contributed by atoms with Crippen LogP contribution in [0, 0.1) is 22.7 Å². The van der Waals surface area contributed by atoms with Gasteiger partial charge in [-0.3, -0.25) is 4.79 Å². The third-order valence-corrected chi connectivity index (χ3v) is 4.26. The van der Waals surface area contributed by atoms with Crippen molar-refractivity contribution in [2.45, 2.75) is 13.0 Å². The molecule has 0 N–H and O–H groups in total. The summed E-state index contributed by atoms with van der Waals surface area (Å²) in [6.45, 7) is 5.44. The molecule has 0 saturated carbocycles. The highest BCUT2D eigenvalue weighted by Crippen LogP contribution is 2.33. The molecule has 4 nitrogen and oxygen atoms in total. The number of benzene rings is 2. The molecule has 0 bridgehead atoms. The maximum Gasteiger partial charge on any atom is 0.157 e. The molecule has 0 spiro atoms. The standard InChI is InChI=1S/C21H15N3O/c1-14(15(2)25)21(17-9-7-16(12-22)8-10-17)24-19(13-23)11-18-5-3-4-6-20(18)24/h3-11,21H,1H2,2H3. The summed E-state index contributed by atoms with van der Waals surface area (Å²) in [7, 11) is 0. The monoisotopic (exact) mass is 325 g/mol. The molecule has 3 aromatic rings. The fourth-order valence-electron chi connectivity index (χ4n) is 2.98. The van der Waals surface area contributed by atoms with E-state index in [1.165, 1.54) is 6.92 Å². The summed E-state index contributed by atoms with van der Waals surface area (Å²) in [6, 6.07) is 20.2. The predicted octanol–water partition coefficient (Wildman–Crippen LogP) is 4.12. The number of aromatic nitrogens is 1. The third-order valence-electron chi connectivity index (χ3n) is 4.26. The fourth-order valence-corrected chi connectivity index (χ4v) is 2.98. The summed E-state index contributed by atoms with van der Waals surface area (Å²) in [5, 5.41) is 19.5. The molecule has 1 unspecified atom stereocenters. The van der Waals surface area contributed by atoms with Crippen molar-refractivity contribution in [2.24, 2.45) is 0 Å². The molecule has 25 heavy (non-hydrogen) atoms. The zero-order valence-electron chi connectivity index (χ0n) is 13.7. The van der Waals surface area contributed by atoms with Crippen LogP contribution in [0.15, 0.2) is 66.7 Å². The van der Waals surface area contributed by atoms with Crippen molar-refractivity contribution < 1.29 is 4.79 Å². The number of hydrogen-bond acceptors (Lipinski definition) is 3. The molecule has 1 aromatic heterocycles. The van der Waals surface area contributed by atoms with Crippen LogP contribution in [0.2, 0.25) is 0 Å². The van der Waals surface area contributed by atoms with Gasteiger partial charge in [0, 0.05) is 16.5 Å². The van der Waals surface area contributed by atoms with Crippen LogP contribution < -0.4 is 0 Å². The predicted molar refractivity (Wildman–Crippen MR) is 95.8 cm³/mol. The van der Waals surface area contributed by atoms with Crippen LogP contribution in [0.1, 0.15) is 29.8 Å². The average Bonchev–Trinajstić information content (AvgIpc) is 3.01. The van der Waals surface area contributed by atoms with Crippen LogP contribution in [-0.2, 0) is 4.79 Å². The molecule has 120 valence electrons. The van der Waals surface area contributed by atoms with E-state index in [2.05, 4.69) is 18.7 Å². The first-order valence-electron chi connectivity index (χ1n) is 7.76. The molecule has 0 radical (unpaired) electrons. The number of fused-ring (bicyclic) bond motifs is 1.